The van der Waals surface area contributed by atoms with E-state index in [2.05, 4.69) is 15.3 Å². The number of carbonyl (C=O) groups is 1. The van der Waals surface area contributed by atoms with Gasteiger partial charge in [-0.3, -0.25) is 4.79 Å². The van der Waals surface area contributed by atoms with Crippen molar-refractivity contribution in [2.75, 3.05) is 36.5 Å². The topological polar surface area (TPSA) is 70.2 Å². The van der Waals surface area contributed by atoms with Gasteiger partial charge < -0.3 is 19.9 Å². The number of aromatic amines is 1. The number of rotatable bonds is 6. The Balaban J connectivity index is 1.50. The minimum absolute atomic E-state index is 0.101. The standard InChI is InChI=1S/C27H26F2N4O2/c1-2-17-6-3-4-8-22(17)31-27(34)20-7-5-9-23-24(20)32-26(30-23)19-11-10-18(16-21(19)25(28)29)33-12-14-35-15-13-33/h3-11,16,25H,2,12-15H2,1H3,(H,30,32)(H,31,34). The second kappa shape index (κ2) is 9.84. The molecule has 0 atom stereocenters. The number of para-hydroxylation sites is 2. The van der Waals surface area contributed by atoms with E-state index in [1.54, 1.807) is 24.3 Å². The van der Waals surface area contributed by atoms with Crippen molar-refractivity contribution in [3.8, 4) is 11.4 Å². The van der Waals surface area contributed by atoms with Gasteiger partial charge in [0.25, 0.3) is 12.3 Å². The minimum atomic E-state index is -2.67. The smallest absolute Gasteiger partial charge is 0.264 e. The zero-order chi connectivity index (χ0) is 24.4. The quantitative estimate of drug-likeness (QED) is 0.368. The monoisotopic (exact) mass is 476 g/mol. The Hall–Kier alpha value is -3.78. The summed E-state index contributed by atoms with van der Waals surface area (Å²) in [6, 6.07) is 17.9. The number of aryl methyl sites for hydroxylation is 1. The van der Waals surface area contributed by atoms with Crippen molar-refractivity contribution in [1.82, 2.24) is 9.97 Å². The second-order valence-electron chi connectivity index (χ2n) is 8.42. The first-order valence-electron chi connectivity index (χ1n) is 11.7. The molecule has 0 unspecified atom stereocenters. The molecule has 6 nitrogen and oxygen atoms in total. The van der Waals surface area contributed by atoms with Crippen molar-refractivity contribution < 1.29 is 18.3 Å². The maximum absolute atomic E-state index is 14.1. The summed E-state index contributed by atoms with van der Waals surface area (Å²) >= 11 is 0. The molecule has 5 rings (SSSR count). The minimum Gasteiger partial charge on any atom is -0.378 e. The molecule has 2 heterocycles. The molecule has 1 aromatic heterocycles. The highest BCUT2D eigenvalue weighted by Gasteiger charge is 2.22. The normalized spacial score (nSPS) is 14.0. The number of halogens is 2. The van der Waals surface area contributed by atoms with Crippen LogP contribution in [0.5, 0.6) is 0 Å². The Morgan fingerprint density at radius 3 is 2.69 bits per heavy atom. The summed E-state index contributed by atoms with van der Waals surface area (Å²) in [6.45, 7) is 4.49. The van der Waals surface area contributed by atoms with Crippen LogP contribution in [0.1, 0.15) is 34.8 Å². The molecule has 0 spiro atoms. The third kappa shape index (κ3) is 4.61. The van der Waals surface area contributed by atoms with Crippen molar-refractivity contribution in [1.29, 1.82) is 0 Å². The van der Waals surface area contributed by atoms with Crippen LogP contribution in [0, 0.1) is 0 Å². The van der Waals surface area contributed by atoms with Crippen LogP contribution < -0.4 is 10.2 Å². The third-order valence-corrected chi connectivity index (χ3v) is 6.31. The number of aromatic nitrogens is 2. The lowest BCUT2D eigenvalue weighted by Crippen LogP contribution is -2.36. The first-order chi connectivity index (χ1) is 17.0. The molecule has 0 aliphatic carbocycles. The molecular formula is C27H26F2N4O2. The summed E-state index contributed by atoms with van der Waals surface area (Å²) in [5, 5.41) is 2.96. The molecule has 0 bridgehead atoms. The van der Waals surface area contributed by atoms with Gasteiger partial charge in [0.05, 0.1) is 24.3 Å². The molecule has 3 aromatic carbocycles. The van der Waals surface area contributed by atoms with Gasteiger partial charge in [0.1, 0.15) is 11.3 Å². The number of benzene rings is 3. The van der Waals surface area contributed by atoms with Crippen LogP contribution in [-0.4, -0.2) is 42.2 Å². The SMILES string of the molecule is CCc1ccccc1NC(=O)c1cccc2[nH]c(-c3ccc(N4CCOCC4)cc3C(F)F)nc12. The highest BCUT2D eigenvalue weighted by atomic mass is 19.3. The van der Waals surface area contributed by atoms with E-state index in [0.717, 1.165) is 23.4 Å². The number of ether oxygens (including phenoxy) is 1. The number of anilines is 2. The summed E-state index contributed by atoms with van der Waals surface area (Å²) in [4.78, 5) is 22.9. The summed E-state index contributed by atoms with van der Waals surface area (Å²) < 4.78 is 33.5. The van der Waals surface area contributed by atoms with Crippen LogP contribution in [0.25, 0.3) is 22.4 Å². The zero-order valence-corrected chi connectivity index (χ0v) is 19.4. The summed E-state index contributed by atoms with van der Waals surface area (Å²) in [5.74, 6) is 0.00401. The van der Waals surface area contributed by atoms with Gasteiger partial charge in [0, 0.05) is 35.6 Å². The Bertz CT molecular complexity index is 1360. The maximum Gasteiger partial charge on any atom is 0.264 e. The Morgan fingerprint density at radius 1 is 1.11 bits per heavy atom. The molecule has 0 saturated carbocycles. The number of hydrogen-bond donors (Lipinski definition) is 2. The number of nitrogens with zero attached hydrogens (tertiary/aromatic N) is 2. The highest BCUT2D eigenvalue weighted by Crippen LogP contribution is 2.34. The van der Waals surface area contributed by atoms with E-state index in [4.69, 9.17) is 4.74 Å². The molecule has 2 N–H and O–H groups in total. The molecule has 1 saturated heterocycles. The van der Waals surface area contributed by atoms with Crippen LogP contribution in [0.2, 0.25) is 0 Å². The predicted octanol–water partition coefficient (Wildman–Crippen LogP) is 5.82. The fourth-order valence-corrected chi connectivity index (χ4v) is 4.45. The molecule has 4 aromatic rings. The number of nitrogens with one attached hydrogen (secondary N) is 2. The van der Waals surface area contributed by atoms with E-state index < -0.39 is 6.43 Å². The number of H-pyrrole nitrogens is 1. The van der Waals surface area contributed by atoms with Gasteiger partial charge in [-0.05, 0) is 48.4 Å². The first kappa shape index (κ1) is 23.0. The predicted molar refractivity (Wildman–Crippen MR) is 133 cm³/mol. The number of fused-ring (bicyclic) bond motifs is 1. The van der Waals surface area contributed by atoms with Gasteiger partial charge >= 0.3 is 0 Å². The Morgan fingerprint density at radius 2 is 1.91 bits per heavy atom. The second-order valence-corrected chi connectivity index (χ2v) is 8.42. The van der Waals surface area contributed by atoms with Crippen molar-refractivity contribution in [2.24, 2.45) is 0 Å². The van der Waals surface area contributed by atoms with Gasteiger partial charge in [-0.2, -0.15) is 0 Å². The van der Waals surface area contributed by atoms with Gasteiger partial charge in [0.2, 0.25) is 0 Å². The lowest BCUT2D eigenvalue weighted by molar-refractivity contribution is 0.102. The van der Waals surface area contributed by atoms with E-state index in [1.165, 1.54) is 6.07 Å². The molecular weight excluding hydrogens is 450 g/mol. The van der Waals surface area contributed by atoms with Crippen LogP contribution >= 0.6 is 0 Å². The maximum atomic E-state index is 14.1. The van der Waals surface area contributed by atoms with E-state index in [0.29, 0.717) is 54.3 Å². The molecule has 1 fully saturated rings. The molecule has 1 aliphatic heterocycles. The number of imidazole rings is 1. The molecule has 0 radical (unpaired) electrons. The number of morpholine rings is 1. The number of alkyl halides is 2. The van der Waals surface area contributed by atoms with Crippen LogP contribution in [0.15, 0.2) is 60.7 Å². The van der Waals surface area contributed by atoms with Crippen LogP contribution in [0.4, 0.5) is 20.2 Å². The van der Waals surface area contributed by atoms with Gasteiger partial charge in [-0.25, -0.2) is 13.8 Å². The molecule has 35 heavy (non-hydrogen) atoms. The fourth-order valence-electron chi connectivity index (χ4n) is 4.45. The van der Waals surface area contributed by atoms with Gasteiger partial charge in [-0.1, -0.05) is 31.2 Å². The van der Waals surface area contributed by atoms with Crippen molar-refractivity contribution in [3.63, 3.8) is 0 Å². The number of amides is 1. The largest absolute Gasteiger partial charge is 0.378 e. The third-order valence-electron chi connectivity index (χ3n) is 6.31. The van der Waals surface area contributed by atoms with Crippen molar-refractivity contribution in [2.45, 2.75) is 19.8 Å². The number of hydrogen-bond acceptors (Lipinski definition) is 4. The Labute approximate surface area is 201 Å². The van der Waals surface area contributed by atoms with Crippen LogP contribution in [0.3, 0.4) is 0 Å². The average molecular weight is 477 g/mol. The van der Waals surface area contributed by atoms with Crippen LogP contribution in [-0.2, 0) is 11.2 Å². The average Bonchev–Trinajstić information content (AvgIpc) is 3.33. The first-order valence-corrected chi connectivity index (χ1v) is 11.7. The molecule has 1 amide bonds. The van der Waals surface area contributed by atoms with E-state index in [-0.39, 0.29) is 11.5 Å². The van der Waals surface area contributed by atoms with Gasteiger partial charge in [-0.15, -0.1) is 0 Å². The molecule has 1 aliphatic rings. The van der Waals surface area contributed by atoms with E-state index >= 15 is 0 Å². The zero-order valence-electron chi connectivity index (χ0n) is 19.4. The van der Waals surface area contributed by atoms with Crippen molar-refractivity contribution >= 4 is 28.3 Å². The Kier molecular flexibility index (Phi) is 6.46. The molecule has 180 valence electrons. The van der Waals surface area contributed by atoms with Gasteiger partial charge in [0.15, 0.2) is 0 Å². The summed E-state index contributed by atoms with van der Waals surface area (Å²) in [5.41, 5.74) is 4.13. The lowest BCUT2D eigenvalue weighted by atomic mass is 10.1. The lowest BCUT2D eigenvalue weighted by Gasteiger charge is -2.29. The fraction of sp³-hybridized carbons (Fsp3) is 0.259. The van der Waals surface area contributed by atoms with Crippen molar-refractivity contribution in [3.05, 3.63) is 77.4 Å². The highest BCUT2D eigenvalue weighted by molar-refractivity contribution is 6.12. The number of carbonyl (C=O) groups excluding carboxylic acids is 1. The molecule has 8 heteroatoms. The van der Waals surface area contributed by atoms with E-state index in [9.17, 15) is 13.6 Å². The van der Waals surface area contributed by atoms with E-state index in [1.807, 2.05) is 42.2 Å². The summed E-state index contributed by atoms with van der Waals surface area (Å²) in [7, 11) is 0. The summed E-state index contributed by atoms with van der Waals surface area (Å²) in [6.07, 6.45) is -1.89.